The molecule has 0 aromatic heterocycles. The van der Waals surface area contributed by atoms with Crippen molar-refractivity contribution in [3.05, 3.63) is 23.8 Å². The van der Waals surface area contributed by atoms with Crippen molar-refractivity contribution < 1.29 is 9.53 Å². The largest absolute Gasteiger partial charge is 0.493 e. The van der Waals surface area contributed by atoms with Gasteiger partial charge in [-0.2, -0.15) is 0 Å². The molecule has 0 bridgehead atoms. The van der Waals surface area contributed by atoms with Crippen molar-refractivity contribution in [2.24, 2.45) is 11.7 Å². The monoisotopic (exact) mass is 248 g/mol. The van der Waals surface area contributed by atoms with Crippen molar-refractivity contribution in [1.82, 2.24) is 0 Å². The molecule has 98 valence electrons. The van der Waals surface area contributed by atoms with Crippen molar-refractivity contribution in [2.45, 2.75) is 32.7 Å². The van der Waals surface area contributed by atoms with Gasteiger partial charge in [0.15, 0.2) is 0 Å². The van der Waals surface area contributed by atoms with Gasteiger partial charge in [-0.05, 0) is 29.7 Å². The summed E-state index contributed by atoms with van der Waals surface area (Å²) >= 11 is 0. The molecule has 0 saturated carbocycles. The number of carbonyl (C=O) groups excluding carboxylic acids is 1. The lowest BCUT2D eigenvalue weighted by molar-refractivity contribution is -0.118. The zero-order chi connectivity index (χ0) is 13.1. The number of amides is 1. The van der Waals surface area contributed by atoms with Gasteiger partial charge in [0, 0.05) is 12.1 Å². The van der Waals surface area contributed by atoms with Crippen LogP contribution in [0.3, 0.4) is 0 Å². The number of nitrogens with two attached hydrogens (primary N) is 1. The molecule has 0 radical (unpaired) electrons. The summed E-state index contributed by atoms with van der Waals surface area (Å²) in [5.41, 5.74) is 7.83. The lowest BCUT2D eigenvalue weighted by Gasteiger charge is -2.17. The number of anilines is 1. The molecule has 1 amide bonds. The molecule has 2 rings (SSSR count). The summed E-state index contributed by atoms with van der Waals surface area (Å²) in [5, 5.41) is 2.87. The number of fused-ring (bicyclic) bond motifs is 1. The summed E-state index contributed by atoms with van der Waals surface area (Å²) in [6.07, 6.45) is 1.79. The Labute approximate surface area is 108 Å². The summed E-state index contributed by atoms with van der Waals surface area (Å²) in [4.78, 5) is 11.9. The molecule has 18 heavy (non-hydrogen) atoms. The lowest BCUT2D eigenvalue weighted by Crippen LogP contribution is -2.40. The molecule has 0 fully saturated rings. The minimum Gasteiger partial charge on any atom is -0.493 e. The second kappa shape index (κ2) is 5.40. The third kappa shape index (κ3) is 2.64. The summed E-state index contributed by atoms with van der Waals surface area (Å²) in [7, 11) is 0. The summed E-state index contributed by atoms with van der Waals surface area (Å²) in [5.74, 6) is 0.977. The molecule has 3 N–H and O–H groups in total. The maximum Gasteiger partial charge on any atom is 0.241 e. The fraction of sp³-hybridized carbons (Fsp3) is 0.500. The Hall–Kier alpha value is -1.55. The molecule has 4 nitrogen and oxygen atoms in total. The molecule has 0 saturated heterocycles. The molecule has 1 aliphatic rings. The minimum absolute atomic E-state index is 0.122. The van der Waals surface area contributed by atoms with Crippen LogP contribution in [0.5, 0.6) is 5.75 Å². The number of ether oxygens (including phenoxy) is 1. The first-order valence-electron chi connectivity index (χ1n) is 6.44. The minimum atomic E-state index is -0.459. The van der Waals surface area contributed by atoms with Crippen LogP contribution in [0.15, 0.2) is 18.2 Å². The number of hydrogen-bond donors (Lipinski definition) is 2. The number of carbonyl (C=O) groups is 1. The van der Waals surface area contributed by atoms with E-state index in [2.05, 4.69) is 5.32 Å². The number of rotatable bonds is 4. The van der Waals surface area contributed by atoms with E-state index in [1.165, 1.54) is 0 Å². The highest BCUT2D eigenvalue weighted by molar-refractivity contribution is 5.95. The highest BCUT2D eigenvalue weighted by Gasteiger charge is 2.20. The Bertz CT molecular complexity index is 445. The van der Waals surface area contributed by atoms with Gasteiger partial charge in [-0.1, -0.05) is 20.3 Å². The van der Waals surface area contributed by atoms with Crippen molar-refractivity contribution in [3.8, 4) is 5.75 Å². The fourth-order valence-corrected chi connectivity index (χ4v) is 2.00. The molecule has 2 atom stereocenters. The molecule has 1 unspecified atom stereocenters. The van der Waals surface area contributed by atoms with Gasteiger partial charge in [0.1, 0.15) is 5.75 Å². The molecule has 0 spiro atoms. The first-order valence-corrected chi connectivity index (χ1v) is 6.44. The van der Waals surface area contributed by atoms with E-state index in [1.807, 2.05) is 32.0 Å². The molecule has 1 aliphatic heterocycles. The van der Waals surface area contributed by atoms with Crippen LogP contribution in [0.25, 0.3) is 0 Å². The van der Waals surface area contributed by atoms with Gasteiger partial charge >= 0.3 is 0 Å². The van der Waals surface area contributed by atoms with E-state index in [-0.39, 0.29) is 11.8 Å². The van der Waals surface area contributed by atoms with Gasteiger partial charge < -0.3 is 15.8 Å². The molecule has 1 heterocycles. The Kier molecular flexibility index (Phi) is 3.87. The van der Waals surface area contributed by atoms with Crippen LogP contribution in [-0.2, 0) is 11.2 Å². The summed E-state index contributed by atoms with van der Waals surface area (Å²) < 4.78 is 5.42. The average Bonchev–Trinajstić information content (AvgIpc) is 2.84. The van der Waals surface area contributed by atoms with Crippen molar-refractivity contribution in [2.75, 3.05) is 11.9 Å². The predicted octanol–water partition coefficient (Wildman–Crippen LogP) is 1.93. The number of benzene rings is 1. The van der Waals surface area contributed by atoms with Crippen molar-refractivity contribution >= 4 is 11.6 Å². The zero-order valence-corrected chi connectivity index (χ0v) is 10.9. The van der Waals surface area contributed by atoms with Gasteiger partial charge in [-0.3, -0.25) is 4.79 Å². The topological polar surface area (TPSA) is 64.4 Å². The Morgan fingerprint density at radius 3 is 3.06 bits per heavy atom. The van der Waals surface area contributed by atoms with Crippen LogP contribution in [0.1, 0.15) is 25.8 Å². The standard InChI is InChI=1S/C14H20N2O2/c1-3-9(2)13(15)14(17)16-11-4-5-12-10(8-11)6-7-18-12/h4-5,8-9,13H,3,6-7,15H2,1-2H3,(H,16,17)/t9?,13-/m0/s1. The van der Waals surface area contributed by atoms with Gasteiger partial charge in [-0.15, -0.1) is 0 Å². The van der Waals surface area contributed by atoms with Crippen molar-refractivity contribution in [1.29, 1.82) is 0 Å². The van der Waals surface area contributed by atoms with E-state index in [9.17, 15) is 4.79 Å². The lowest BCUT2D eigenvalue weighted by atomic mass is 9.99. The van der Waals surface area contributed by atoms with E-state index in [4.69, 9.17) is 10.5 Å². The van der Waals surface area contributed by atoms with Crippen molar-refractivity contribution in [3.63, 3.8) is 0 Å². The zero-order valence-electron chi connectivity index (χ0n) is 10.9. The third-order valence-corrected chi connectivity index (χ3v) is 3.52. The van der Waals surface area contributed by atoms with Crippen LogP contribution in [0.4, 0.5) is 5.69 Å². The molecular weight excluding hydrogens is 228 g/mol. The maximum atomic E-state index is 11.9. The maximum absolute atomic E-state index is 11.9. The van der Waals surface area contributed by atoms with E-state index >= 15 is 0 Å². The van der Waals surface area contributed by atoms with Crippen LogP contribution < -0.4 is 15.8 Å². The molecule has 4 heteroatoms. The summed E-state index contributed by atoms with van der Waals surface area (Å²) in [6.45, 7) is 4.74. The first-order chi connectivity index (χ1) is 8.61. The average molecular weight is 248 g/mol. The Morgan fingerprint density at radius 1 is 1.56 bits per heavy atom. The van der Waals surface area contributed by atoms with Crippen LogP contribution in [0, 0.1) is 5.92 Å². The number of nitrogens with one attached hydrogen (secondary N) is 1. The molecule has 1 aromatic carbocycles. The SMILES string of the molecule is CCC(C)[C@H](N)C(=O)Nc1ccc2c(c1)CCO2. The molecule has 0 aliphatic carbocycles. The highest BCUT2D eigenvalue weighted by atomic mass is 16.5. The fourth-order valence-electron chi connectivity index (χ4n) is 2.00. The first kappa shape index (κ1) is 12.9. The van der Waals surface area contributed by atoms with Crippen LogP contribution in [0.2, 0.25) is 0 Å². The quantitative estimate of drug-likeness (QED) is 0.855. The van der Waals surface area contributed by atoms with Gasteiger partial charge in [0.2, 0.25) is 5.91 Å². The number of hydrogen-bond acceptors (Lipinski definition) is 3. The van der Waals surface area contributed by atoms with E-state index in [1.54, 1.807) is 0 Å². The van der Waals surface area contributed by atoms with E-state index in [0.29, 0.717) is 0 Å². The second-order valence-electron chi connectivity index (χ2n) is 4.82. The van der Waals surface area contributed by atoms with Crippen LogP contribution in [-0.4, -0.2) is 18.6 Å². The molecule has 1 aromatic rings. The van der Waals surface area contributed by atoms with E-state index in [0.717, 1.165) is 36.4 Å². The van der Waals surface area contributed by atoms with Gasteiger partial charge in [0.25, 0.3) is 0 Å². The smallest absolute Gasteiger partial charge is 0.241 e. The summed E-state index contributed by atoms with van der Waals surface area (Å²) in [6, 6.07) is 5.25. The second-order valence-corrected chi connectivity index (χ2v) is 4.82. The van der Waals surface area contributed by atoms with E-state index < -0.39 is 6.04 Å². The third-order valence-electron chi connectivity index (χ3n) is 3.52. The van der Waals surface area contributed by atoms with Gasteiger partial charge in [0.05, 0.1) is 12.6 Å². The van der Waals surface area contributed by atoms with Crippen LogP contribution >= 0.6 is 0 Å². The normalized spacial score (nSPS) is 16.6. The van der Waals surface area contributed by atoms with Gasteiger partial charge in [-0.25, -0.2) is 0 Å². The highest BCUT2D eigenvalue weighted by Crippen LogP contribution is 2.27. The Balaban J connectivity index is 2.03. The predicted molar refractivity (Wildman–Crippen MR) is 71.7 cm³/mol. The molecular formula is C14H20N2O2. The Morgan fingerprint density at radius 2 is 2.33 bits per heavy atom.